The van der Waals surface area contributed by atoms with E-state index in [1.54, 1.807) is 0 Å². The zero-order valence-corrected chi connectivity index (χ0v) is 44.4. The molecule has 3 N–H and O–H groups in total. The van der Waals surface area contributed by atoms with E-state index >= 15 is 0 Å². The van der Waals surface area contributed by atoms with Crippen LogP contribution in [0.3, 0.4) is 0 Å². The van der Waals surface area contributed by atoms with Crippen molar-refractivity contribution in [1.82, 2.24) is 0 Å². The Morgan fingerprint density at radius 3 is 0.866 bits per heavy atom. The Morgan fingerprint density at radius 2 is 0.522 bits per heavy atom. The average Bonchev–Trinajstić information content (AvgIpc) is 3.32. The molecule has 67 heavy (non-hydrogen) atoms. The van der Waals surface area contributed by atoms with E-state index in [1.165, 1.54) is 0 Å². The molecule has 6 aliphatic rings. The topological polar surface area (TPSA) is 162 Å². The van der Waals surface area contributed by atoms with Gasteiger partial charge < -0.3 is 67.4 Å². The second-order valence-corrected chi connectivity index (χ2v) is 22.1. The van der Waals surface area contributed by atoms with Crippen LogP contribution in [0, 0.1) is 59.2 Å². The fraction of sp³-hybridized carbons (Fsp3) is 1.00. The predicted molar refractivity (Wildman–Crippen MR) is 253 cm³/mol. The molecule has 0 radical (unpaired) electrons. The Kier molecular flexibility index (Phi) is 20.0. The van der Waals surface area contributed by atoms with Gasteiger partial charge in [-0.2, -0.15) is 0 Å². The van der Waals surface area contributed by atoms with Crippen molar-refractivity contribution in [2.24, 2.45) is 59.2 Å². The monoisotopic (exact) mass is 957 g/mol. The molecule has 392 valence electrons. The lowest BCUT2D eigenvalue weighted by molar-refractivity contribution is -0.373. The van der Waals surface area contributed by atoms with Gasteiger partial charge in [-0.05, 0) is 69.1 Å². The average molecular weight is 957 g/mol. The van der Waals surface area contributed by atoms with Gasteiger partial charge in [-0.25, -0.2) is 0 Å². The molecule has 14 heteroatoms. The Balaban J connectivity index is 1.07. The van der Waals surface area contributed by atoms with Gasteiger partial charge in [0, 0.05) is 35.5 Å². The molecule has 6 saturated heterocycles. The first kappa shape index (κ1) is 55.7. The van der Waals surface area contributed by atoms with Crippen molar-refractivity contribution in [1.29, 1.82) is 0 Å². The van der Waals surface area contributed by atoms with Gasteiger partial charge in [0.15, 0.2) is 31.5 Å². The molecule has 0 aromatic carbocycles. The summed E-state index contributed by atoms with van der Waals surface area (Å²) in [6.45, 7) is 35.8. The molecular weight excluding hydrogens is 861 g/mol. The maximum Gasteiger partial charge on any atom is 0.184 e. The van der Waals surface area contributed by atoms with Crippen molar-refractivity contribution in [2.75, 3.05) is 0 Å². The number of aliphatic hydroxyl groups excluding tert-OH is 3. The number of rotatable bonds is 16. The third kappa shape index (κ3) is 11.5. The third-order valence-electron chi connectivity index (χ3n) is 18.1. The fourth-order valence-electron chi connectivity index (χ4n) is 12.3. The molecule has 0 aliphatic carbocycles. The van der Waals surface area contributed by atoms with Gasteiger partial charge in [-0.15, -0.1) is 0 Å². The first-order valence-corrected chi connectivity index (χ1v) is 27.0. The smallest absolute Gasteiger partial charge is 0.184 e. The zero-order valence-electron chi connectivity index (χ0n) is 44.4. The summed E-state index contributed by atoms with van der Waals surface area (Å²) in [5.41, 5.74) is 0. The SMILES string of the molecule is CCC1O[C@H](O[C@@H]2C(CC)O[C@H](O[C@H]3C(CC)O[C@@H](O[C@H]4C(CC)O[C@@H](O[C@@H]5C(CC)O[C@H](O[C@@H]6C(CC)O[C@H](C)C(O)C6C)C(C)C5C)C(O)[C@H]4C)C(C)[C@H]3C)C(O)C2C)C(C)C(C)[C@@H]1C. The van der Waals surface area contributed by atoms with E-state index in [0.29, 0.717) is 37.5 Å². The first-order chi connectivity index (χ1) is 31.8. The highest BCUT2D eigenvalue weighted by Gasteiger charge is 2.54. The second kappa shape index (κ2) is 24.0. The molecular formula is C53H96O14. The minimum absolute atomic E-state index is 0.0132. The van der Waals surface area contributed by atoms with Gasteiger partial charge in [-0.1, -0.05) is 111 Å². The lowest BCUT2D eigenvalue weighted by Crippen LogP contribution is -2.62. The quantitative estimate of drug-likeness (QED) is 0.136. The van der Waals surface area contributed by atoms with Crippen LogP contribution >= 0.6 is 0 Å². The van der Waals surface area contributed by atoms with Crippen molar-refractivity contribution in [2.45, 2.75) is 279 Å². The molecule has 0 aromatic rings. The molecule has 6 heterocycles. The summed E-state index contributed by atoms with van der Waals surface area (Å²) in [5, 5.41) is 34.6. The summed E-state index contributed by atoms with van der Waals surface area (Å²) in [6, 6.07) is 0. The highest BCUT2D eigenvalue weighted by Crippen LogP contribution is 2.45. The Labute approximate surface area is 404 Å². The van der Waals surface area contributed by atoms with Crippen LogP contribution in [-0.2, 0) is 52.1 Å². The van der Waals surface area contributed by atoms with Crippen LogP contribution in [0.2, 0.25) is 0 Å². The molecule has 14 nitrogen and oxygen atoms in total. The van der Waals surface area contributed by atoms with E-state index in [4.69, 9.17) is 52.1 Å². The summed E-state index contributed by atoms with van der Waals surface area (Å²) < 4.78 is 73.4. The molecule has 0 saturated carbocycles. The van der Waals surface area contributed by atoms with E-state index in [0.717, 1.165) is 12.8 Å². The van der Waals surface area contributed by atoms with Crippen molar-refractivity contribution in [3.05, 3.63) is 0 Å². The van der Waals surface area contributed by atoms with Gasteiger partial charge in [0.1, 0.15) is 12.2 Å². The Morgan fingerprint density at radius 1 is 0.269 bits per heavy atom. The molecule has 6 rings (SSSR count). The lowest BCUT2D eigenvalue weighted by atomic mass is 9.78. The third-order valence-corrected chi connectivity index (χ3v) is 18.1. The normalized spacial score (nSPS) is 53.4. The molecule has 0 spiro atoms. The number of hydrogen-bond acceptors (Lipinski definition) is 14. The van der Waals surface area contributed by atoms with Crippen LogP contribution in [-0.4, -0.2) is 138 Å². The van der Waals surface area contributed by atoms with Crippen LogP contribution in [0.15, 0.2) is 0 Å². The standard InChI is InChI=1S/C53H96O14/c1-18-35-25(8)24(7)28(11)49(58-35)64-47-32(15)42(55)52(61-39(47)22-5)67-45-27(10)30(13)51(60-38(45)21-4)65-48-33(16)43(56)53(62-40(48)23-6)66-44-26(9)29(12)50(59-37(44)20-3)63-46-31(14)41(54)34(17)57-36(46)19-2/h24-56H,18-23H2,1-17H3/t24?,25-,26?,27+,28?,29?,30?,31?,32?,33+,34+,35?,36?,37?,38?,39?,40?,41?,42?,43?,44-,45+,46-,47-,48+,49+,50+,51-,52+,53-/m0/s1. The van der Waals surface area contributed by atoms with E-state index in [1.807, 2.05) is 27.7 Å². The van der Waals surface area contributed by atoms with Crippen molar-refractivity contribution < 1.29 is 67.4 Å². The van der Waals surface area contributed by atoms with Gasteiger partial charge >= 0.3 is 0 Å². The van der Waals surface area contributed by atoms with E-state index < -0.39 is 49.6 Å². The Hall–Kier alpha value is -0.560. The van der Waals surface area contributed by atoms with Gasteiger partial charge in [-0.3, -0.25) is 0 Å². The van der Waals surface area contributed by atoms with Crippen molar-refractivity contribution in [3.63, 3.8) is 0 Å². The predicted octanol–water partition coefficient (Wildman–Crippen LogP) is 8.23. The van der Waals surface area contributed by atoms with Crippen LogP contribution in [0.1, 0.15) is 156 Å². The zero-order chi connectivity index (χ0) is 49.3. The van der Waals surface area contributed by atoms with Crippen LogP contribution in [0.4, 0.5) is 0 Å². The Bertz CT molecular complexity index is 1480. The molecule has 30 atom stereocenters. The van der Waals surface area contributed by atoms with Gasteiger partial charge in [0.25, 0.3) is 0 Å². The molecule has 16 unspecified atom stereocenters. The van der Waals surface area contributed by atoms with Crippen LogP contribution in [0.25, 0.3) is 0 Å². The first-order valence-electron chi connectivity index (χ1n) is 27.0. The van der Waals surface area contributed by atoms with Gasteiger partial charge in [0.05, 0.1) is 79.4 Å². The molecule has 0 bridgehead atoms. The van der Waals surface area contributed by atoms with Gasteiger partial charge in [0.2, 0.25) is 0 Å². The lowest BCUT2D eigenvalue weighted by Gasteiger charge is -2.52. The summed E-state index contributed by atoms with van der Waals surface area (Å²) in [7, 11) is 0. The molecule has 0 amide bonds. The van der Waals surface area contributed by atoms with Crippen molar-refractivity contribution in [3.8, 4) is 0 Å². The summed E-state index contributed by atoms with van der Waals surface area (Å²) in [5.74, 6) is 0.260. The maximum absolute atomic E-state index is 11.9. The van der Waals surface area contributed by atoms with Crippen LogP contribution < -0.4 is 0 Å². The van der Waals surface area contributed by atoms with E-state index in [2.05, 4.69) is 90.0 Å². The summed E-state index contributed by atoms with van der Waals surface area (Å²) in [6.07, 6.45) is -4.65. The molecule has 6 fully saturated rings. The number of hydrogen-bond donors (Lipinski definition) is 3. The summed E-state index contributed by atoms with van der Waals surface area (Å²) in [4.78, 5) is 0. The van der Waals surface area contributed by atoms with E-state index in [-0.39, 0.29) is 121 Å². The van der Waals surface area contributed by atoms with Crippen molar-refractivity contribution >= 4 is 0 Å². The minimum atomic E-state index is -0.968. The van der Waals surface area contributed by atoms with E-state index in [9.17, 15) is 15.3 Å². The highest BCUT2D eigenvalue weighted by molar-refractivity contribution is 4.96. The minimum Gasteiger partial charge on any atom is -0.390 e. The highest BCUT2D eigenvalue weighted by atomic mass is 16.8. The largest absolute Gasteiger partial charge is 0.390 e. The van der Waals surface area contributed by atoms with Crippen LogP contribution in [0.5, 0.6) is 0 Å². The fourth-order valence-corrected chi connectivity index (χ4v) is 12.3. The summed E-state index contributed by atoms with van der Waals surface area (Å²) >= 11 is 0. The molecule has 6 aliphatic heterocycles. The number of aliphatic hydroxyl groups is 3. The molecule has 0 aromatic heterocycles. The maximum atomic E-state index is 11.9. The second-order valence-electron chi connectivity index (χ2n) is 22.1. The number of ether oxygens (including phenoxy) is 11.